The van der Waals surface area contributed by atoms with Crippen molar-refractivity contribution < 1.29 is 18.7 Å². The number of carbonyl (C=O) groups excluding carboxylic acids is 2. The zero-order chi connectivity index (χ0) is 16.4. The summed E-state index contributed by atoms with van der Waals surface area (Å²) in [5.41, 5.74) is 2.74. The lowest BCUT2D eigenvalue weighted by atomic mass is 10.1. The highest BCUT2D eigenvalue weighted by molar-refractivity contribution is 6.06. The van der Waals surface area contributed by atoms with Crippen LogP contribution < -0.4 is 5.32 Å². The van der Waals surface area contributed by atoms with Crippen LogP contribution in [0.2, 0.25) is 0 Å². The molecule has 0 fully saturated rings. The number of esters is 1. The Morgan fingerprint density at radius 2 is 1.78 bits per heavy atom. The summed E-state index contributed by atoms with van der Waals surface area (Å²) in [4.78, 5) is 27.8. The van der Waals surface area contributed by atoms with E-state index in [1.807, 2.05) is 0 Å². The molecule has 0 bridgehead atoms. The van der Waals surface area contributed by atoms with Crippen molar-refractivity contribution in [1.82, 2.24) is 4.98 Å². The lowest BCUT2D eigenvalue weighted by Gasteiger charge is -2.06. The number of ether oxygens (including phenoxy) is 1. The number of nitrogens with zero attached hydrogens (tertiary/aromatic N) is 1. The number of oxazole rings is 1. The summed E-state index contributed by atoms with van der Waals surface area (Å²) in [6.45, 7) is 1.75. The zero-order valence-electron chi connectivity index (χ0n) is 12.6. The standard InChI is InChI=1S/C17H14N2O4/c1-10-18-14-8-5-12(9-15(14)23-10)16(20)19-13-6-3-11(4-7-13)17(21)22-2/h3-9H,1-2H3,(H,19,20). The second-order valence-corrected chi connectivity index (χ2v) is 4.94. The van der Waals surface area contributed by atoms with Crippen LogP contribution in [0.25, 0.3) is 11.1 Å². The molecule has 1 aromatic heterocycles. The maximum atomic E-state index is 12.3. The Hall–Kier alpha value is -3.15. The molecule has 1 heterocycles. The number of nitrogens with one attached hydrogen (secondary N) is 1. The molecule has 0 saturated heterocycles. The Balaban J connectivity index is 1.78. The van der Waals surface area contributed by atoms with Gasteiger partial charge in [0.05, 0.1) is 12.7 Å². The summed E-state index contributed by atoms with van der Waals surface area (Å²) in [7, 11) is 1.32. The molecule has 116 valence electrons. The molecule has 6 heteroatoms. The third-order valence-corrected chi connectivity index (χ3v) is 3.32. The van der Waals surface area contributed by atoms with Crippen LogP contribution in [-0.4, -0.2) is 24.0 Å². The first kappa shape index (κ1) is 14.8. The number of hydrogen-bond acceptors (Lipinski definition) is 5. The largest absolute Gasteiger partial charge is 0.465 e. The summed E-state index contributed by atoms with van der Waals surface area (Å²) in [6.07, 6.45) is 0. The number of amides is 1. The second-order valence-electron chi connectivity index (χ2n) is 4.94. The van der Waals surface area contributed by atoms with Crippen molar-refractivity contribution in [2.24, 2.45) is 0 Å². The molecular weight excluding hydrogens is 296 g/mol. The van der Waals surface area contributed by atoms with E-state index in [0.29, 0.717) is 33.8 Å². The van der Waals surface area contributed by atoms with E-state index in [-0.39, 0.29) is 5.91 Å². The van der Waals surface area contributed by atoms with Gasteiger partial charge in [0, 0.05) is 18.2 Å². The molecule has 0 aliphatic carbocycles. The Morgan fingerprint density at radius 1 is 1.09 bits per heavy atom. The van der Waals surface area contributed by atoms with E-state index in [4.69, 9.17) is 4.42 Å². The van der Waals surface area contributed by atoms with Crippen LogP contribution in [0.1, 0.15) is 26.6 Å². The maximum absolute atomic E-state index is 12.3. The van der Waals surface area contributed by atoms with E-state index in [1.54, 1.807) is 49.4 Å². The van der Waals surface area contributed by atoms with Crippen LogP contribution in [0.4, 0.5) is 5.69 Å². The lowest BCUT2D eigenvalue weighted by Crippen LogP contribution is -2.12. The fourth-order valence-corrected chi connectivity index (χ4v) is 2.19. The molecule has 6 nitrogen and oxygen atoms in total. The monoisotopic (exact) mass is 310 g/mol. The van der Waals surface area contributed by atoms with Crippen molar-refractivity contribution in [2.45, 2.75) is 6.92 Å². The van der Waals surface area contributed by atoms with Crippen LogP contribution in [0.3, 0.4) is 0 Å². The molecule has 0 radical (unpaired) electrons. The van der Waals surface area contributed by atoms with E-state index in [1.165, 1.54) is 7.11 Å². The Labute approximate surface area is 132 Å². The fraction of sp³-hybridized carbons (Fsp3) is 0.118. The first-order chi connectivity index (χ1) is 11.1. The van der Waals surface area contributed by atoms with Crippen molar-refractivity contribution in [3.63, 3.8) is 0 Å². The van der Waals surface area contributed by atoms with Gasteiger partial charge in [0.15, 0.2) is 11.5 Å². The second kappa shape index (κ2) is 5.92. The van der Waals surface area contributed by atoms with Gasteiger partial charge in [-0.05, 0) is 42.5 Å². The molecule has 3 rings (SSSR count). The Kier molecular flexibility index (Phi) is 3.80. The summed E-state index contributed by atoms with van der Waals surface area (Å²) in [5.74, 6) is -0.142. The van der Waals surface area contributed by atoms with Gasteiger partial charge in [-0.2, -0.15) is 0 Å². The molecule has 1 N–H and O–H groups in total. The average Bonchev–Trinajstić information content (AvgIpc) is 2.93. The first-order valence-corrected chi connectivity index (χ1v) is 6.94. The average molecular weight is 310 g/mol. The smallest absolute Gasteiger partial charge is 0.337 e. The third-order valence-electron chi connectivity index (χ3n) is 3.32. The number of hydrogen-bond donors (Lipinski definition) is 1. The molecular formula is C17H14N2O4. The minimum Gasteiger partial charge on any atom is -0.465 e. The molecule has 0 aliphatic heterocycles. The number of fused-ring (bicyclic) bond motifs is 1. The van der Waals surface area contributed by atoms with Crippen molar-refractivity contribution in [3.05, 3.63) is 59.5 Å². The fourth-order valence-electron chi connectivity index (χ4n) is 2.19. The molecule has 2 aromatic carbocycles. The number of aromatic nitrogens is 1. The minimum atomic E-state index is -0.422. The predicted octanol–water partition coefficient (Wildman–Crippen LogP) is 3.18. The molecule has 1 amide bonds. The van der Waals surface area contributed by atoms with Crippen LogP contribution >= 0.6 is 0 Å². The van der Waals surface area contributed by atoms with Crippen LogP contribution in [0.15, 0.2) is 46.9 Å². The minimum absolute atomic E-state index is 0.272. The van der Waals surface area contributed by atoms with Gasteiger partial charge in [-0.15, -0.1) is 0 Å². The summed E-state index contributed by atoms with van der Waals surface area (Å²) < 4.78 is 10.0. The van der Waals surface area contributed by atoms with Gasteiger partial charge in [0.25, 0.3) is 5.91 Å². The normalized spacial score (nSPS) is 10.5. The molecule has 0 aliphatic rings. The predicted molar refractivity (Wildman–Crippen MR) is 84.5 cm³/mol. The molecule has 23 heavy (non-hydrogen) atoms. The lowest BCUT2D eigenvalue weighted by molar-refractivity contribution is 0.0600. The van der Waals surface area contributed by atoms with E-state index >= 15 is 0 Å². The van der Waals surface area contributed by atoms with Crippen molar-refractivity contribution in [3.8, 4) is 0 Å². The van der Waals surface area contributed by atoms with Gasteiger partial charge in [-0.1, -0.05) is 0 Å². The zero-order valence-corrected chi connectivity index (χ0v) is 12.6. The number of anilines is 1. The topological polar surface area (TPSA) is 81.4 Å². The third kappa shape index (κ3) is 3.06. The molecule has 0 unspecified atom stereocenters. The SMILES string of the molecule is COC(=O)c1ccc(NC(=O)c2ccc3nc(C)oc3c2)cc1. The van der Waals surface area contributed by atoms with Gasteiger partial charge >= 0.3 is 5.97 Å². The number of carbonyl (C=O) groups is 2. The van der Waals surface area contributed by atoms with Gasteiger partial charge in [0.2, 0.25) is 0 Å². The van der Waals surface area contributed by atoms with E-state index < -0.39 is 5.97 Å². The first-order valence-electron chi connectivity index (χ1n) is 6.94. The van der Waals surface area contributed by atoms with E-state index in [9.17, 15) is 9.59 Å². The molecule has 0 saturated carbocycles. The summed E-state index contributed by atoms with van der Waals surface area (Å²) in [5, 5.41) is 2.76. The highest BCUT2D eigenvalue weighted by atomic mass is 16.5. The van der Waals surface area contributed by atoms with Gasteiger partial charge in [0.1, 0.15) is 5.52 Å². The van der Waals surface area contributed by atoms with Gasteiger partial charge in [-0.3, -0.25) is 4.79 Å². The molecule has 3 aromatic rings. The van der Waals surface area contributed by atoms with Gasteiger partial charge < -0.3 is 14.5 Å². The number of benzene rings is 2. The van der Waals surface area contributed by atoms with Crippen molar-refractivity contribution in [1.29, 1.82) is 0 Å². The number of methoxy groups -OCH3 is 1. The summed E-state index contributed by atoms with van der Waals surface area (Å²) in [6, 6.07) is 11.5. The Morgan fingerprint density at radius 3 is 2.48 bits per heavy atom. The maximum Gasteiger partial charge on any atom is 0.337 e. The van der Waals surface area contributed by atoms with Gasteiger partial charge in [-0.25, -0.2) is 9.78 Å². The van der Waals surface area contributed by atoms with Crippen molar-refractivity contribution >= 4 is 28.7 Å². The number of aryl methyl sites for hydroxylation is 1. The number of rotatable bonds is 3. The van der Waals surface area contributed by atoms with E-state index in [0.717, 1.165) is 0 Å². The quantitative estimate of drug-likeness (QED) is 0.751. The molecule has 0 spiro atoms. The highest BCUT2D eigenvalue weighted by Crippen LogP contribution is 2.18. The van der Waals surface area contributed by atoms with Crippen molar-refractivity contribution in [2.75, 3.05) is 12.4 Å². The van der Waals surface area contributed by atoms with E-state index in [2.05, 4.69) is 15.0 Å². The van der Waals surface area contributed by atoms with Crippen LogP contribution in [0.5, 0.6) is 0 Å². The van der Waals surface area contributed by atoms with Crippen LogP contribution in [0, 0.1) is 6.92 Å². The Bertz CT molecular complexity index is 881. The van der Waals surface area contributed by atoms with Crippen LogP contribution in [-0.2, 0) is 4.74 Å². The highest BCUT2D eigenvalue weighted by Gasteiger charge is 2.11. The summed E-state index contributed by atoms with van der Waals surface area (Å²) >= 11 is 0. The molecule has 0 atom stereocenters.